The van der Waals surface area contributed by atoms with Crippen molar-refractivity contribution in [3.63, 3.8) is 0 Å². The molecule has 0 aromatic heterocycles. The Morgan fingerprint density at radius 1 is 0.680 bits per heavy atom. The molecule has 0 saturated heterocycles. The molecule has 128 valence electrons. The number of nitrogens with zero attached hydrogens (tertiary/aromatic N) is 2. The monoisotopic (exact) mass is 344 g/mol. The van der Waals surface area contributed by atoms with Crippen LogP contribution in [0.4, 0.5) is 0 Å². The van der Waals surface area contributed by atoms with Gasteiger partial charge in [0.15, 0.2) is 12.4 Å². The molecule has 0 heterocycles. The molecular weight excluding hydrogens is 332 g/mol. The topological polar surface area (TPSA) is 127 Å². The Bertz CT molecular complexity index is 716. The molecule has 0 bridgehead atoms. The minimum atomic E-state index is -0.812. The van der Waals surface area contributed by atoms with Gasteiger partial charge < -0.3 is 24.6 Å². The van der Waals surface area contributed by atoms with Gasteiger partial charge in [-0.2, -0.15) is 0 Å². The zero-order valence-electron chi connectivity index (χ0n) is 12.6. The van der Waals surface area contributed by atoms with Crippen molar-refractivity contribution in [1.29, 1.82) is 0 Å². The van der Waals surface area contributed by atoms with Gasteiger partial charge in [-0.3, -0.25) is 0 Å². The first-order chi connectivity index (χ1) is 12.1. The van der Waals surface area contributed by atoms with Gasteiger partial charge in [-0.25, -0.2) is 9.59 Å². The van der Waals surface area contributed by atoms with Crippen LogP contribution in [0.15, 0.2) is 58.8 Å². The van der Waals surface area contributed by atoms with Crippen molar-refractivity contribution < 1.29 is 34.2 Å². The van der Waals surface area contributed by atoms with Gasteiger partial charge in [0.1, 0.15) is 23.0 Å². The van der Waals surface area contributed by atoms with E-state index in [1.807, 2.05) is 0 Å². The Labute approximate surface area is 141 Å². The molecule has 0 aliphatic carbocycles. The second-order valence-electron chi connectivity index (χ2n) is 4.38. The molecule has 0 saturated carbocycles. The highest BCUT2D eigenvalue weighted by Crippen LogP contribution is 2.25. The van der Waals surface area contributed by atoms with Gasteiger partial charge in [-0.05, 0) is 48.5 Å². The number of oxime groups is 2. The molecule has 9 nitrogen and oxygen atoms in total. The molecule has 25 heavy (non-hydrogen) atoms. The van der Waals surface area contributed by atoms with Crippen molar-refractivity contribution in [2.75, 3.05) is 0 Å². The van der Waals surface area contributed by atoms with Gasteiger partial charge in [0.05, 0.1) is 0 Å². The van der Waals surface area contributed by atoms with Crippen molar-refractivity contribution in [3.05, 3.63) is 48.5 Å². The highest BCUT2D eigenvalue weighted by atomic mass is 16.5. The molecule has 0 unspecified atom stereocenters. The van der Waals surface area contributed by atoms with E-state index in [-0.39, 0.29) is 11.5 Å². The van der Waals surface area contributed by atoms with Crippen LogP contribution in [0.3, 0.4) is 0 Å². The van der Waals surface area contributed by atoms with E-state index in [2.05, 4.69) is 10.3 Å². The highest BCUT2D eigenvalue weighted by molar-refractivity contribution is 6.24. The summed E-state index contributed by atoms with van der Waals surface area (Å²) in [5, 5.41) is 21.6. The summed E-state index contributed by atoms with van der Waals surface area (Å²) in [5.74, 6) is -0.157. The minimum Gasteiger partial charge on any atom is -0.457 e. The molecule has 2 N–H and O–H groups in total. The van der Waals surface area contributed by atoms with Crippen molar-refractivity contribution in [1.82, 2.24) is 0 Å². The molecule has 2 aromatic rings. The van der Waals surface area contributed by atoms with Crippen molar-refractivity contribution >= 4 is 24.4 Å². The Kier molecular flexibility index (Phi) is 6.06. The smallest absolute Gasteiger partial charge is 0.358 e. The summed E-state index contributed by atoms with van der Waals surface area (Å²) in [6.45, 7) is 0. The number of hydrogen-bond donors (Lipinski definition) is 2. The second-order valence-corrected chi connectivity index (χ2v) is 4.38. The molecule has 0 amide bonds. The number of benzene rings is 2. The molecule has 0 radical (unpaired) electrons. The van der Waals surface area contributed by atoms with E-state index in [0.717, 1.165) is 0 Å². The van der Waals surface area contributed by atoms with E-state index in [1.54, 1.807) is 24.3 Å². The van der Waals surface area contributed by atoms with Crippen LogP contribution < -0.4 is 14.2 Å². The first kappa shape index (κ1) is 17.5. The van der Waals surface area contributed by atoms with Crippen molar-refractivity contribution in [3.8, 4) is 23.0 Å². The number of ether oxygens (including phenoxy) is 3. The number of hydrogen-bond acceptors (Lipinski definition) is 9. The summed E-state index contributed by atoms with van der Waals surface area (Å²) < 4.78 is 15.3. The number of carbonyl (C=O) groups is 2. The van der Waals surface area contributed by atoms with Crippen LogP contribution >= 0.6 is 0 Å². The third kappa shape index (κ3) is 5.67. The van der Waals surface area contributed by atoms with Crippen LogP contribution in [0.25, 0.3) is 0 Å². The first-order valence-electron chi connectivity index (χ1n) is 6.77. The molecule has 0 aliphatic heterocycles. The fraction of sp³-hybridized carbons (Fsp3) is 0. The molecule has 9 heteroatoms. The molecule has 0 aliphatic rings. The predicted molar refractivity (Wildman–Crippen MR) is 84.8 cm³/mol. The highest BCUT2D eigenvalue weighted by Gasteiger charge is 2.05. The number of rotatable bonds is 6. The zero-order chi connectivity index (χ0) is 18.1. The lowest BCUT2D eigenvalue weighted by Gasteiger charge is -2.07. The van der Waals surface area contributed by atoms with Crippen LogP contribution in [0.5, 0.6) is 23.0 Å². The average molecular weight is 344 g/mol. The lowest BCUT2D eigenvalue weighted by atomic mass is 10.3. The van der Waals surface area contributed by atoms with Gasteiger partial charge >= 0.3 is 11.9 Å². The van der Waals surface area contributed by atoms with Crippen LogP contribution in [0.2, 0.25) is 0 Å². The largest absolute Gasteiger partial charge is 0.457 e. The quantitative estimate of drug-likeness (QED) is 0.270. The summed E-state index contributed by atoms with van der Waals surface area (Å²) in [6.07, 6.45) is 1.26. The van der Waals surface area contributed by atoms with Crippen molar-refractivity contribution in [2.24, 2.45) is 10.3 Å². The van der Waals surface area contributed by atoms with Crippen LogP contribution in [-0.2, 0) is 9.59 Å². The third-order valence-corrected chi connectivity index (χ3v) is 2.65. The number of esters is 2. The fourth-order valence-electron chi connectivity index (χ4n) is 1.67. The Morgan fingerprint density at radius 3 is 1.32 bits per heavy atom. The van der Waals surface area contributed by atoms with E-state index in [0.29, 0.717) is 23.9 Å². The van der Waals surface area contributed by atoms with Crippen LogP contribution in [-0.4, -0.2) is 34.8 Å². The summed E-state index contributed by atoms with van der Waals surface area (Å²) in [6, 6.07) is 12.3. The second kappa shape index (κ2) is 8.67. The van der Waals surface area contributed by atoms with E-state index in [1.165, 1.54) is 24.3 Å². The maximum atomic E-state index is 11.1. The summed E-state index contributed by atoms with van der Waals surface area (Å²) in [7, 11) is 0. The molecule has 0 atom stereocenters. The Balaban J connectivity index is 1.95. The lowest BCUT2D eigenvalue weighted by molar-refractivity contribution is -0.127. The van der Waals surface area contributed by atoms with E-state index >= 15 is 0 Å². The van der Waals surface area contributed by atoms with E-state index in [4.69, 9.17) is 24.6 Å². The average Bonchev–Trinajstić information content (AvgIpc) is 2.59. The minimum absolute atomic E-state index is 0.255. The maximum Gasteiger partial charge on any atom is 0.358 e. The number of carbonyl (C=O) groups excluding carboxylic acids is 2. The normalized spacial score (nSPS) is 10.7. The van der Waals surface area contributed by atoms with Crippen LogP contribution in [0.1, 0.15) is 0 Å². The van der Waals surface area contributed by atoms with Gasteiger partial charge in [-0.1, -0.05) is 10.3 Å². The fourth-order valence-corrected chi connectivity index (χ4v) is 1.67. The molecule has 2 rings (SSSR count). The summed E-state index contributed by atoms with van der Waals surface area (Å²) in [5.41, 5.74) is 0. The maximum absolute atomic E-state index is 11.1. The van der Waals surface area contributed by atoms with E-state index in [9.17, 15) is 9.59 Å². The Morgan fingerprint density at radius 2 is 1.00 bits per heavy atom. The predicted octanol–water partition coefficient (Wildman–Crippen LogP) is 2.21. The van der Waals surface area contributed by atoms with Gasteiger partial charge in [0.25, 0.3) is 0 Å². The zero-order valence-corrected chi connectivity index (χ0v) is 12.6. The lowest BCUT2D eigenvalue weighted by Crippen LogP contribution is -2.08. The van der Waals surface area contributed by atoms with Gasteiger partial charge in [0, 0.05) is 0 Å². The standard InChI is InChI=1S/C16H12N2O7/c19-15(9-17-21)24-13-5-1-11(2-6-13)23-12-3-7-14(8-4-12)25-16(20)10-18-22/h1-10,21-22H/b17-9+,18-10+. The third-order valence-electron chi connectivity index (χ3n) is 2.65. The van der Waals surface area contributed by atoms with Crippen LogP contribution in [0, 0.1) is 0 Å². The van der Waals surface area contributed by atoms with Crippen molar-refractivity contribution in [2.45, 2.75) is 0 Å². The molecule has 0 fully saturated rings. The van der Waals surface area contributed by atoms with Gasteiger partial charge in [0.2, 0.25) is 0 Å². The summed E-state index contributed by atoms with van der Waals surface area (Å²) in [4.78, 5) is 22.2. The molecule has 0 spiro atoms. The van der Waals surface area contributed by atoms with E-state index < -0.39 is 11.9 Å². The summed E-state index contributed by atoms with van der Waals surface area (Å²) >= 11 is 0. The molecule has 2 aromatic carbocycles. The molecular formula is C16H12N2O7. The Hall–Kier alpha value is -3.88. The first-order valence-corrected chi connectivity index (χ1v) is 6.77. The SMILES string of the molecule is O=C(/C=N/O)Oc1ccc(Oc2ccc(OC(=O)/C=N/O)cc2)cc1. The van der Waals surface area contributed by atoms with Gasteiger partial charge in [-0.15, -0.1) is 0 Å².